The maximum Gasteiger partial charge on any atom is 0.339 e. The first-order valence-electron chi connectivity index (χ1n) is 7.91. The van der Waals surface area contributed by atoms with Gasteiger partial charge in [0.1, 0.15) is 5.82 Å². The SMILES string of the molecule is COC(=O)c1ccccc1Nc1nccc(NCc2ccc(Cl)cc2)n1. The highest BCUT2D eigenvalue weighted by Crippen LogP contribution is 2.20. The second-order valence-corrected chi connectivity index (χ2v) is 5.84. The van der Waals surface area contributed by atoms with Crippen LogP contribution in [0.3, 0.4) is 0 Å². The van der Waals surface area contributed by atoms with E-state index in [2.05, 4.69) is 20.6 Å². The molecule has 132 valence electrons. The molecule has 3 aromatic rings. The summed E-state index contributed by atoms with van der Waals surface area (Å²) in [5.41, 5.74) is 2.07. The minimum absolute atomic E-state index is 0.377. The number of benzene rings is 2. The maximum absolute atomic E-state index is 11.8. The molecule has 3 rings (SSSR count). The molecule has 0 fully saturated rings. The average molecular weight is 369 g/mol. The van der Waals surface area contributed by atoms with Gasteiger partial charge in [-0.05, 0) is 35.9 Å². The Hall–Kier alpha value is -3.12. The van der Waals surface area contributed by atoms with Gasteiger partial charge in [-0.1, -0.05) is 35.9 Å². The van der Waals surface area contributed by atoms with Gasteiger partial charge in [-0.25, -0.2) is 9.78 Å². The Morgan fingerprint density at radius 1 is 1.12 bits per heavy atom. The van der Waals surface area contributed by atoms with Crippen molar-refractivity contribution in [2.24, 2.45) is 0 Å². The van der Waals surface area contributed by atoms with Gasteiger partial charge < -0.3 is 15.4 Å². The second kappa shape index (κ2) is 8.31. The van der Waals surface area contributed by atoms with Gasteiger partial charge in [0.05, 0.1) is 18.4 Å². The smallest absolute Gasteiger partial charge is 0.339 e. The number of ether oxygens (including phenoxy) is 1. The van der Waals surface area contributed by atoms with Gasteiger partial charge in [0.25, 0.3) is 0 Å². The second-order valence-electron chi connectivity index (χ2n) is 5.41. The van der Waals surface area contributed by atoms with E-state index in [1.165, 1.54) is 7.11 Å². The molecule has 0 aliphatic carbocycles. The molecule has 2 aromatic carbocycles. The fraction of sp³-hybridized carbons (Fsp3) is 0.105. The molecule has 0 atom stereocenters. The number of esters is 1. The number of rotatable bonds is 6. The summed E-state index contributed by atoms with van der Waals surface area (Å²) in [6.07, 6.45) is 1.64. The number of methoxy groups -OCH3 is 1. The lowest BCUT2D eigenvalue weighted by Crippen LogP contribution is -2.08. The third kappa shape index (κ3) is 4.49. The van der Waals surface area contributed by atoms with Crippen molar-refractivity contribution in [3.05, 3.63) is 76.9 Å². The van der Waals surface area contributed by atoms with Crippen molar-refractivity contribution < 1.29 is 9.53 Å². The van der Waals surface area contributed by atoms with E-state index < -0.39 is 5.97 Å². The molecule has 0 amide bonds. The van der Waals surface area contributed by atoms with E-state index in [0.717, 1.165) is 5.56 Å². The number of aromatic nitrogens is 2. The Morgan fingerprint density at radius 3 is 2.65 bits per heavy atom. The summed E-state index contributed by atoms with van der Waals surface area (Å²) >= 11 is 5.89. The van der Waals surface area contributed by atoms with E-state index in [4.69, 9.17) is 16.3 Å². The van der Waals surface area contributed by atoms with Crippen LogP contribution in [0.1, 0.15) is 15.9 Å². The van der Waals surface area contributed by atoms with Crippen LogP contribution in [0.2, 0.25) is 5.02 Å². The zero-order chi connectivity index (χ0) is 18.4. The standard InChI is InChI=1S/C19H17ClN4O2/c1-26-18(25)15-4-2-3-5-16(15)23-19-21-11-10-17(24-19)22-12-13-6-8-14(20)9-7-13/h2-11H,12H2,1H3,(H2,21,22,23,24). The van der Waals surface area contributed by atoms with Crippen LogP contribution in [0.4, 0.5) is 17.5 Å². The van der Waals surface area contributed by atoms with Crippen molar-refractivity contribution >= 4 is 35.0 Å². The first kappa shape index (κ1) is 17.7. The number of para-hydroxylation sites is 1. The molecule has 0 aliphatic rings. The highest BCUT2D eigenvalue weighted by molar-refractivity contribution is 6.30. The van der Waals surface area contributed by atoms with E-state index in [0.29, 0.717) is 34.6 Å². The summed E-state index contributed by atoms with van der Waals surface area (Å²) in [4.78, 5) is 20.5. The van der Waals surface area contributed by atoms with Crippen LogP contribution in [0.5, 0.6) is 0 Å². The first-order chi connectivity index (χ1) is 12.7. The number of hydrogen-bond donors (Lipinski definition) is 2. The number of anilines is 3. The molecule has 0 bridgehead atoms. The number of halogens is 1. The topological polar surface area (TPSA) is 76.1 Å². The van der Waals surface area contributed by atoms with Crippen molar-refractivity contribution in [2.45, 2.75) is 6.54 Å². The van der Waals surface area contributed by atoms with Crippen molar-refractivity contribution in [3.63, 3.8) is 0 Å². The first-order valence-corrected chi connectivity index (χ1v) is 8.29. The summed E-state index contributed by atoms with van der Waals surface area (Å²) in [5, 5.41) is 6.98. The molecule has 2 N–H and O–H groups in total. The fourth-order valence-electron chi connectivity index (χ4n) is 2.31. The van der Waals surface area contributed by atoms with E-state index in [1.54, 1.807) is 30.5 Å². The van der Waals surface area contributed by atoms with Crippen LogP contribution in [-0.4, -0.2) is 23.0 Å². The molecular weight excluding hydrogens is 352 g/mol. The Morgan fingerprint density at radius 2 is 1.88 bits per heavy atom. The molecule has 0 saturated carbocycles. The highest BCUT2D eigenvalue weighted by Gasteiger charge is 2.12. The van der Waals surface area contributed by atoms with Crippen molar-refractivity contribution in [2.75, 3.05) is 17.7 Å². The molecule has 7 heteroatoms. The highest BCUT2D eigenvalue weighted by atomic mass is 35.5. The molecule has 6 nitrogen and oxygen atoms in total. The predicted molar refractivity (Wildman–Crippen MR) is 102 cm³/mol. The summed E-state index contributed by atoms with van der Waals surface area (Å²) in [6.45, 7) is 0.604. The van der Waals surface area contributed by atoms with Crippen LogP contribution in [0.15, 0.2) is 60.8 Å². The average Bonchev–Trinajstić information content (AvgIpc) is 2.68. The number of carbonyl (C=O) groups is 1. The maximum atomic E-state index is 11.8. The van der Waals surface area contributed by atoms with Crippen LogP contribution < -0.4 is 10.6 Å². The van der Waals surface area contributed by atoms with E-state index in [9.17, 15) is 4.79 Å². The molecule has 0 unspecified atom stereocenters. The quantitative estimate of drug-likeness (QED) is 0.633. The molecule has 0 spiro atoms. The lowest BCUT2D eigenvalue weighted by Gasteiger charge is -2.11. The third-order valence-electron chi connectivity index (χ3n) is 3.62. The van der Waals surface area contributed by atoms with Gasteiger partial charge in [0, 0.05) is 17.8 Å². The monoisotopic (exact) mass is 368 g/mol. The Balaban J connectivity index is 1.72. The Bertz CT molecular complexity index is 900. The third-order valence-corrected chi connectivity index (χ3v) is 3.87. The largest absolute Gasteiger partial charge is 0.465 e. The van der Waals surface area contributed by atoms with E-state index in [1.807, 2.05) is 30.3 Å². The molecule has 26 heavy (non-hydrogen) atoms. The molecule has 0 aliphatic heterocycles. The van der Waals surface area contributed by atoms with Crippen LogP contribution >= 0.6 is 11.6 Å². The number of nitrogens with zero attached hydrogens (tertiary/aromatic N) is 2. The Kier molecular flexibility index (Phi) is 5.66. The van der Waals surface area contributed by atoms with E-state index >= 15 is 0 Å². The van der Waals surface area contributed by atoms with Gasteiger partial charge in [-0.3, -0.25) is 0 Å². The normalized spacial score (nSPS) is 10.2. The fourth-order valence-corrected chi connectivity index (χ4v) is 2.44. The molecule has 1 aromatic heterocycles. The zero-order valence-electron chi connectivity index (χ0n) is 14.1. The summed E-state index contributed by atoms with van der Waals surface area (Å²) in [7, 11) is 1.34. The van der Waals surface area contributed by atoms with Crippen LogP contribution in [0.25, 0.3) is 0 Å². The number of carbonyl (C=O) groups excluding carboxylic acids is 1. The lowest BCUT2D eigenvalue weighted by molar-refractivity contribution is 0.0602. The van der Waals surface area contributed by atoms with Crippen molar-refractivity contribution in [1.82, 2.24) is 9.97 Å². The lowest BCUT2D eigenvalue weighted by atomic mass is 10.2. The zero-order valence-corrected chi connectivity index (χ0v) is 14.8. The number of hydrogen-bond acceptors (Lipinski definition) is 6. The molecule has 0 radical (unpaired) electrons. The summed E-state index contributed by atoms with van der Waals surface area (Å²) in [5.74, 6) is 0.612. The van der Waals surface area contributed by atoms with E-state index in [-0.39, 0.29) is 0 Å². The van der Waals surface area contributed by atoms with Crippen LogP contribution in [0, 0.1) is 0 Å². The predicted octanol–water partition coefficient (Wildman–Crippen LogP) is 4.27. The minimum Gasteiger partial charge on any atom is -0.465 e. The minimum atomic E-state index is -0.426. The molecule has 1 heterocycles. The van der Waals surface area contributed by atoms with Gasteiger partial charge in [0.2, 0.25) is 5.95 Å². The van der Waals surface area contributed by atoms with Gasteiger partial charge >= 0.3 is 5.97 Å². The van der Waals surface area contributed by atoms with Crippen molar-refractivity contribution in [3.8, 4) is 0 Å². The van der Waals surface area contributed by atoms with Gasteiger partial charge in [-0.15, -0.1) is 0 Å². The Labute approximate surface area is 156 Å². The number of nitrogens with one attached hydrogen (secondary N) is 2. The van der Waals surface area contributed by atoms with Crippen molar-refractivity contribution in [1.29, 1.82) is 0 Å². The molecular formula is C19H17ClN4O2. The summed E-state index contributed by atoms with van der Waals surface area (Å²) < 4.78 is 4.79. The van der Waals surface area contributed by atoms with Gasteiger partial charge in [0.15, 0.2) is 0 Å². The molecule has 0 saturated heterocycles. The van der Waals surface area contributed by atoms with Crippen LogP contribution in [-0.2, 0) is 11.3 Å². The summed E-state index contributed by atoms with van der Waals surface area (Å²) in [6, 6.07) is 16.4. The van der Waals surface area contributed by atoms with Gasteiger partial charge in [-0.2, -0.15) is 4.98 Å².